The van der Waals surface area contributed by atoms with Crippen LogP contribution in [-0.2, 0) is 6.42 Å². The first-order valence-corrected chi connectivity index (χ1v) is 7.60. The predicted octanol–water partition coefficient (Wildman–Crippen LogP) is 3.71. The van der Waals surface area contributed by atoms with Crippen molar-refractivity contribution in [2.24, 2.45) is 0 Å². The Morgan fingerprint density at radius 2 is 2.24 bits per heavy atom. The molecule has 0 bridgehead atoms. The summed E-state index contributed by atoms with van der Waals surface area (Å²) in [5.74, 6) is 0. The summed E-state index contributed by atoms with van der Waals surface area (Å²) in [7, 11) is 0. The van der Waals surface area contributed by atoms with E-state index in [0.717, 1.165) is 18.0 Å². The van der Waals surface area contributed by atoms with Crippen molar-refractivity contribution in [1.82, 2.24) is 10.3 Å². The predicted molar refractivity (Wildman–Crippen MR) is 76.0 cm³/mol. The molecule has 0 fully saturated rings. The highest BCUT2D eigenvalue weighted by molar-refractivity contribution is 7.11. The van der Waals surface area contributed by atoms with E-state index >= 15 is 0 Å². The molecule has 2 nitrogen and oxygen atoms in total. The lowest BCUT2D eigenvalue weighted by atomic mass is 10.1. The van der Waals surface area contributed by atoms with Gasteiger partial charge in [0.05, 0.1) is 10.7 Å². The van der Waals surface area contributed by atoms with E-state index in [2.05, 4.69) is 48.6 Å². The van der Waals surface area contributed by atoms with Gasteiger partial charge in [0.2, 0.25) is 0 Å². The fourth-order valence-electron chi connectivity index (χ4n) is 2.00. The van der Waals surface area contributed by atoms with Crippen molar-refractivity contribution in [3.63, 3.8) is 0 Å². The average Bonchev–Trinajstić information content (AvgIpc) is 2.88. The summed E-state index contributed by atoms with van der Waals surface area (Å²) < 4.78 is 0. The van der Waals surface area contributed by atoms with Crippen molar-refractivity contribution in [2.75, 3.05) is 6.54 Å². The van der Waals surface area contributed by atoms with Crippen molar-refractivity contribution in [2.45, 2.75) is 33.2 Å². The van der Waals surface area contributed by atoms with E-state index in [1.807, 2.05) is 22.7 Å². The van der Waals surface area contributed by atoms with Crippen molar-refractivity contribution in [1.29, 1.82) is 0 Å². The number of nitrogens with one attached hydrogen (secondary N) is 1. The van der Waals surface area contributed by atoms with Gasteiger partial charge in [0.25, 0.3) is 0 Å². The van der Waals surface area contributed by atoms with Crippen LogP contribution in [0, 0.1) is 13.8 Å². The molecule has 0 aliphatic carbocycles. The van der Waals surface area contributed by atoms with Gasteiger partial charge < -0.3 is 5.32 Å². The summed E-state index contributed by atoms with van der Waals surface area (Å²) in [6.07, 6.45) is 1.06. The molecule has 17 heavy (non-hydrogen) atoms. The van der Waals surface area contributed by atoms with Crippen LogP contribution < -0.4 is 5.32 Å². The maximum atomic E-state index is 4.53. The third kappa shape index (κ3) is 3.15. The summed E-state index contributed by atoms with van der Waals surface area (Å²) >= 11 is 3.64. The van der Waals surface area contributed by atoms with Crippen LogP contribution in [0.1, 0.15) is 33.4 Å². The average molecular weight is 266 g/mol. The smallest absolute Gasteiger partial charge is 0.0900 e. The molecule has 2 rings (SSSR count). The monoisotopic (exact) mass is 266 g/mol. The highest BCUT2D eigenvalue weighted by atomic mass is 32.1. The highest BCUT2D eigenvalue weighted by Gasteiger charge is 2.17. The Labute approximate surface area is 111 Å². The number of aryl methyl sites for hydroxylation is 2. The van der Waals surface area contributed by atoms with Gasteiger partial charge in [-0.1, -0.05) is 13.0 Å². The van der Waals surface area contributed by atoms with E-state index in [9.17, 15) is 0 Å². The molecule has 0 aliphatic rings. The summed E-state index contributed by atoms with van der Waals surface area (Å²) in [6, 6.07) is 4.73. The quantitative estimate of drug-likeness (QED) is 0.892. The van der Waals surface area contributed by atoms with Gasteiger partial charge in [-0.2, -0.15) is 0 Å². The van der Waals surface area contributed by atoms with E-state index in [4.69, 9.17) is 0 Å². The zero-order chi connectivity index (χ0) is 12.3. The standard InChI is InChI=1S/C13H18N2S2/c1-4-14-12(8-11-6-5-7-16-11)13-9(2)15-10(3)17-13/h5-7,12,14H,4,8H2,1-3H3. The number of thiazole rings is 1. The number of hydrogen-bond acceptors (Lipinski definition) is 4. The molecule has 0 spiro atoms. The third-order valence-electron chi connectivity index (χ3n) is 2.69. The largest absolute Gasteiger partial charge is 0.309 e. The number of likely N-dealkylation sites (N-methyl/N-ethyl adjacent to an activating group) is 1. The van der Waals surface area contributed by atoms with Crippen molar-refractivity contribution >= 4 is 22.7 Å². The van der Waals surface area contributed by atoms with Crippen molar-refractivity contribution in [3.8, 4) is 0 Å². The van der Waals surface area contributed by atoms with Crippen LogP contribution in [0.3, 0.4) is 0 Å². The van der Waals surface area contributed by atoms with E-state index in [1.165, 1.54) is 15.4 Å². The fourth-order valence-corrected chi connectivity index (χ4v) is 3.76. The zero-order valence-electron chi connectivity index (χ0n) is 10.5. The lowest BCUT2D eigenvalue weighted by molar-refractivity contribution is 0.558. The van der Waals surface area contributed by atoms with Crippen LogP contribution in [0.15, 0.2) is 17.5 Å². The van der Waals surface area contributed by atoms with Crippen molar-refractivity contribution < 1.29 is 0 Å². The first kappa shape index (κ1) is 12.7. The second-order valence-electron chi connectivity index (χ2n) is 4.08. The molecular formula is C13H18N2S2. The lowest BCUT2D eigenvalue weighted by Crippen LogP contribution is -2.22. The Hall–Kier alpha value is -0.710. The van der Waals surface area contributed by atoms with Crippen molar-refractivity contribution in [3.05, 3.63) is 38.0 Å². The lowest BCUT2D eigenvalue weighted by Gasteiger charge is -2.16. The van der Waals surface area contributed by atoms with Gasteiger partial charge in [0.15, 0.2) is 0 Å². The molecule has 0 saturated heterocycles. The maximum Gasteiger partial charge on any atom is 0.0900 e. The van der Waals surface area contributed by atoms with Crippen LogP contribution in [0.5, 0.6) is 0 Å². The molecule has 4 heteroatoms. The van der Waals surface area contributed by atoms with Crippen LogP contribution >= 0.6 is 22.7 Å². The molecule has 0 aliphatic heterocycles. The molecule has 1 atom stereocenters. The van der Waals surface area contributed by atoms with Crippen LogP contribution in [0.4, 0.5) is 0 Å². The van der Waals surface area contributed by atoms with Crippen LogP contribution in [-0.4, -0.2) is 11.5 Å². The number of rotatable bonds is 5. The Balaban J connectivity index is 2.19. The van der Waals surface area contributed by atoms with Gasteiger partial charge in [-0.25, -0.2) is 4.98 Å². The first-order chi connectivity index (χ1) is 8.20. The third-order valence-corrected chi connectivity index (χ3v) is 4.78. The second-order valence-corrected chi connectivity index (χ2v) is 6.34. The normalized spacial score (nSPS) is 12.9. The SMILES string of the molecule is CCNC(Cc1cccs1)c1sc(C)nc1C. The molecule has 0 amide bonds. The Morgan fingerprint density at radius 1 is 1.41 bits per heavy atom. The molecule has 0 aromatic carbocycles. The van der Waals surface area contributed by atoms with Gasteiger partial charge in [-0.15, -0.1) is 22.7 Å². The van der Waals surface area contributed by atoms with Crippen LogP contribution in [0.2, 0.25) is 0 Å². The van der Waals surface area contributed by atoms with Gasteiger partial charge in [0.1, 0.15) is 0 Å². The van der Waals surface area contributed by atoms with E-state index < -0.39 is 0 Å². The van der Waals surface area contributed by atoms with Gasteiger partial charge >= 0.3 is 0 Å². The zero-order valence-corrected chi connectivity index (χ0v) is 12.1. The Morgan fingerprint density at radius 3 is 2.76 bits per heavy atom. The fraction of sp³-hybridized carbons (Fsp3) is 0.462. The Kier molecular flexibility index (Phi) is 4.31. The Bertz CT molecular complexity index is 460. The molecule has 0 radical (unpaired) electrons. The molecule has 1 unspecified atom stereocenters. The minimum atomic E-state index is 0.407. The maximum absolute atomic E-state index is 4.53. The van der Waals surface area contributed by atoms with Crippen LogP contribution in [0.25, 0.3) is 0 Å². The molecule has 1 N–H and O–H groups in total. The highest BCUT2D eigenvalue weighted by Crippen LogP contribution is 2.28. The first-order valence-electron chi connectivity index (χ1n) is 5.90. The molecule has 2 aromatic rings. The number of nitrogens with zero attached hydrogens (tertiary/aromatic N) is 1. The van der Waals surface area contributed by atoms with E-state index in [-0.39, 0.29) is 0 Å². The second kappa shape index (κ2) is 5.76. The van der Waals surface area contributed by atoms with E-state index in [1.54, 1.807) is 0 Å². The molecule has 92 valence electrons. The minimum absolute atomic E-state index is 0.407. The van der Waals surface area contributed by atoms with Gasteiger partial charge in [-0.3, -0.25) is 0 Å². The topological polar surface area (TPSA) is 24.9 Å². The molecular weight excluding hydrogens is 248 g/mol. The molecule has 2 aromatic heterocycles. The molecule has 2 heterocycles. The van der Waals surface area contributed by atoms with Gasteiger partial charge in [0, 0.05) is 22.2 Å². The summed E-state index contributed by atoms with van der Waals surface area (Å²) in [5.41, 5.74) is 1.18. The summed E-state index contributed by atoms with van der Waals surface area (Å²) in [5, 5.41) is 6.87. The summed E-state index contributed by atoms with van der Waals surface area (Å²) in [6.45, 7) is 7.34. The minimum Gasteiger partial charge on any atom is -0.309 e. The van der Waals surface area contributed by atoms with E-state index in [0.29, 0.717) is 6.04 Å². The number of hydrogen-bond donors (Lipinski definition) is 1. The number of thiophene rings is 1. The van der Waals surface area contributed by atoms with Gasteiger partial charge in [-0.05, 0) is 31.8 Å². The molecule has 0 saturated carbocycles. The number of aromatic nitrogens is 1. The summed E-state index contributed by atoms with van der Waals surface area (Å²) in [4.78, 5) is 7.34.